The van der Waals surface area contributed by atoms with Crippen LogP contribution in [0.25, 0.3) is 0 Å². The molecule has 3 nitrogen and oxygen atoms in total. The number of pyridine rings is 1. The lowest BCUT2D eigenvalue weighted by Crippen LogP contribution is -1.98. The van der Waals surface area contributed by atoms with Crippen LogP contribution in [0.4, 0.5) is 0 Å². The molecule has 1 heterocycles. The normalized spacial score (nSPS) is 23.8. The Morgan fingerprint density at radius 3 is 2.71 bits per heavy atom. The first kappa shape index (κ1) is 11.5. The molecule has 2 rings (SSSR count). The highest BCUT2D eigenvalue weighted by Gasteiger charge is 2.44. The first-order valence-corrected chi connectivity index (χ1v) is 4.82. The van der Waals surface area contributed by atoms with Crippen LogP contribution in [-0.4, -0.2) is 16.1 Å². The Labute approximate surface area is 96.1 Å². The summed E-state index contributed by atoms with van der Waals surface area (Å²) in [6, 6.07) is 3.76. The largest absolute Gasteiger partial charge is 0.481 e. The highest BCUT2D eigenvalue weighted by atomic mass is 79.9. The fraction of sp³-hybridized carbons (Fsp3) is 0.333. The number of hydrogen-bond donors (Lipinski definition) is 1. The second-order valence-corrected chi connectivity index (χ2v) is 4.01. The van der Waals surface area contributed by atoms with Crippen molar-refractivity contribution in [2.75, 3.05) is 0 Å². The van der Waals surface area contributed by atoms with Crippen LogP contribution >= 0.6 is 28.3 Å². The van der Waals surface area contributed by atoms with Crippen LogP contribution in [0.1, 0.15) is 17.9 Å². The molecule has 5 heteroatoms. The van der Waals surface area contributed by atoms with Crippen molar-refractivity contribution in [2.45, 2.75) is 12.3 Å². The Morgan fingerprint density at radius 1 is 1.57 bits per heavy atom. The number of nitrogens with zero attached hydrogens (tertiary/aromatic N) is 1. The Hall–Kier alpha value is -0.610. The van der Waals surface area contributed by atoms with Gasteiger partial charge in [0.1, 0.15) is 4.60 Å². The maximum atomic E-state index is 10.6. The maximum Gasteiger partial charge on any atom is 0.307 e. The summed E-state index contributed by atoms with van der Waals surface area (Å²) in [5.41, 5.74) is 1.02. The molecule has 1 aromatic heterocycles. The van der Waals surface area contributed by atoms with Crippen LogP contribution in [-0.2, 0) is 4.79 Å². The number of aliphatic carboxylic acids is 1. The van der Waals surface area contributed by atoms with Crippen LogP contribution in [0.2, 0.25) is 0 Å². The van der Waals surface area contributed by atoms with Gasteiger partial charge in [-0.2, -0.15) is 0 Å². The number of carboxylic acids is 1. The van der Waals surface area contributed by atoms with E-state index < -0.39 is 5.97 Å². The summed E-state index contributed by atoms with van der Waals surface area (Å²) in [7, 11) is 0. The van der Waals surface area contributed by atoms with Gasteiger partial charge < -0.3 is 5.11 Å². The van der Waals surface area contributed by atoms with E-state index in [0.29, 0.717) is 0 Å². The van der Waals surface area contributed by atoms with E-state index in [1.165, 1.54) is 0 Å². The van der Waals surface area contributed by atoms with Crippen LogP contribution in [0.3, 0.4) is 0 Å². The minimum atomic E-state index is -0.701. The lowest BCUT2D eigenvalue weighted by Gasteiger charge is -1.96. The summed E-state index contributed by atoms with van der Waals surface area (Å²) < 4.78 is 0.781. The monoisotopic (exact) mass is 277 g/mol. The van der Waals surface area contributed by atoms with Crippen LogP contribution in [0.5, 0.6) is 0 Å². The fourth-order valence-corrected chi connectivity index (χ4v) is 1.68. The van der Waals surface area contributed by atoms with Gasteiger partial charge >= 0.3 is 5.97 Å². The Morgan fingerprint density at radius 2 is 2.29 bits per heavy atom. The molecule has 1 fully saturated rings. The lowest BCUT2D eigenvalue weighted by molar-refractivity contribution is -0.138. The van der Waals surface area contributed by atoms with Gasteiger partial charge in [-0.05, 0) is 39.9 Å². The van der Waals surface area contributed by atoms with Gasteiger partial charge in [0.15, 0.2) is 0 Å². The number of halogens is 2. The standard InChI is InChI=1S/C9H8BrNO2.ClH/c10-8-2-1-5(4-11-8)6-3-7(6)9(12)13;/h1-2,4,6-7H,3H2,(H,12,13);1H/t6?,7-;/m0./s1. The zero-order valence-electron chi connectivity index (χ0n) is 7.18. The average molecular weight is 279 g/mol. The van der Waals surface area contributed by atoms with Crippen molar-refractivity contribution in [1.82, 2.24) is 4.98 Å². The molecule has 0 aromatic carbocycles. The summed E-state index contributed by atoms with van der Waals surface area (Å²) >= 11 is 3.23. The van der Waals surface area contributed by atoms with E-state index in [-0.39, 0.29) is 24.2 Å². The lowest BCUT2D eigenvalue weighted by atomic mass is 10.1. The van der Waals surface area contributed by atoms with E-state index in [1.807, 2.05) is 12.1 Å². The van der Waals surface area contributed by atoms with Crippen molar-refractivity contribution in [2.24, 2.45) is 5.92 Å². The quantitative estimate of drug-likeness (QED) is 0.846. The minimum absolute atomic E-state index is 0. The molecular formula is C9H9BrClNO2. The molecule has 1 aliphatic rings. The van der Waals surface area contributed by atoms with Gasteiger partial charge in [-0.3, -0.25) is 4.79 Å². The molecule has 1 N–H and O–H groups in total. The second-order valence-electron chi connectivity index (χ2n) is 3.20. The third-order valence-corrected chi connectivity index (χ3v) is 2.76. The summed E-state index contributed by atoms with van der Waals surface area (Å²) in [6.45, 7) is 0. The molecule has 0 bridgehead atoms. The molecule has 0 radical (unpaired) electrons. The molecule has 0 aliphatic heterocycles. The van der Waals surface area contributed by atoms with E-state index >= 15 is 0 Å². The topological polar surface area (TPSA) is 50.2 Å². The van der Waals surface area contributed by atoms with Crippen molar-refractivity contribution in [3.63, 3.8) is 0 Å². The van der Waals surface area contributed by atoms with Gasteiger partial charge in [0.2, 0.25) is 0 Å². The van der Waals surface area contributed by atoms with Crippen LogP contribution in [0.15, 0.2) is 22.9 Å². The average Bonchev–Trinajstić information content (AvgIpc) is 2.85. The second kappa shape index (κ2) is 4.28. The fourth-order valence-electron chi connectivity index (χ4n) is 1.44. The van der Waals surface area contributed by atoms with Crippen molar-refractivity contribution < 1.29 is 9.90 Å². The molecule has 1 aliphatic carbocycles. The maximum absolute atomic E-state index is 10.6. The van der Waals surface area contributed by atoms with Gasteiger partial charge in [0.25, 0.3) is 0 Å². The Bertz CT molecular complexity index is 341. The van der Waals surface area contributed by atoms with Gasteiger partial charge in [-0.1, -0.05) is 6.07 Å². The molecule has 14 heavy (non-hydrogen) atoms. The Kier molecular flexibility index (Phi) is 3.50. The molecule has 1 aromatic rings. The van der Waals surface area contributed by atoms with Crippen molar-refractivity contribution in [1.29, 1.82) is 0 Å². The minimum Gasteiger partial charge on any atom is -0.481 e. The highest BCUT2D eigenvalue weighted by molar-refractivity contribution is 9.10. The van der Waals surface area contributed by atoms with Gasteiger partial charge in [0, 0.05) is 6.20 Å². The van der Waals surface area contributed by atoms with Gasteiger partial charge in [-0.25, -0.2) is 4.98 Å². The molecule has 0 saturated heterocycles. The number of carboxylic acid groups (broad SMARTS) is 1. The number of aromatic nitrogens is 1. The molecule has 1 unspecified atom stereocenters. The van der Waals surface area contributed by atoms with E-state index in [2.05, 4.69) is 20.9 Å². The zero-order chi connectivity index (χ0) is 9.42. The zero-order valence-corrected chi connectivity index (χ0v) is 9.59. The predicted molar refractivity (Wildman–Crippen MR) is 57.7 cm³/mol. The van der Waals surface area contributed by atoms with Crippen LogP contribution < -0.4 is 0 Å². The third-order valence-electron chi connectivity index (χ3n) is 2.29. The SMILES string of the molecule is Cl.O=C(O)[C@H]1CC1c1ccc(Br)nc1. The molecule has 76 valence electrons. The summed E-state index contributed by atoms with van der Waals surface area (Å²) in [5.74, 6) is -0.714. The van der Waals surface area contributed by atoms with Gasteiger partial charge in [0.05, 0.1) is 5.92 Å². The number of rotatable bonds is 2. The first-order valence-electron chi connectivity index (χ1n) is 4.03. The van der Waals surface area contributed by atoms with Gasteiger partial charge in [-0.15, -0.1) is 12.4 Å². The number of carbonyl (C=O) groups is 1. The van der Waals surface area contributed by atoms with Crippen molar-refractivity contribution in [3.05, 3.63) is 28.5 Å². The van der Waals surface area contributed by atoms with Crippen molar-refractivity contribution >= 4 is 34.3 Å². The summed E-state index contributed by atoms with van der Waals surface area (Å²) in [6.07, 6.45) is 2.48. The van der Waals surface area contributed by atoms with E-state index in [4.69, 9.17) is 5.11 Å². The Balaban J connectivity index is 0.000000980. The molecule has 0 amide bonds. The molecule has 1 saturated carbocycles. The van der Waals surface area contributed by atoms with Crippen LogP contribution in [0, 0.1) is 5.92 Å². The molecule has 2 atom stereocenters. The van der Waals surface area contributed by atoms with Crippen molar-refractivity contribution in [3.8, 4) is 0 Å². The van der Waals surface area contributed by atoms with E-state index in [9.17, 15) is 4.79 Å². The first-order chi connectivity index (χ1) is 6.18. The summed E-state index contributed by atoms with van der Waals surface area (Å²) in [5, 5.41) is 8.71. The predicted octanol–water partition coefficient (Wildman–Crippen LogP) is 2.45. The van der Waals surface area contributed by atoms with E-state index in [0.717, 1.165) is 16.6 Å². The molecule has 0 spiro atoms. The third kappa shape index (κ3) is 2.25. The van der Waals surface area contributed by atoms with E-state index in [1.54, 1.807) is 6.20 Å². The molecular weight excluding hydrogens is 269 g/mol. The highest BCUT2D eigenvalue weighted by Crippen LogP contribution is 2.47. The smallest absolute Gasteiger partial charge is 0.307 e. The summed E-state index contributed by atoms with van der Waals surface area (Å²) in [4.78, 5) is 14.6. The number of hydrogen-bond acceptors (Lipinski definition) is 2.